The summed E-state index contributed by atoms with van der Waals surface area (Å²) in [6.45, 7) is 0. The van der Waals surface area contributed by atoms with Crippen LogP contribution in [-0.2, 0) is 10.0 Å². The average Bonchev–Trinajstić information content (AvgIpc) is 3.28. The molecule has 1 heterocycles. The zero-order chi connectivity index (χ0) is 24.5. The van der Waals surface area contributed by atoms with E-state index >= 15 is 0 Å². The van der Waals surface area contributed by atoms with Crippen LogP contribution < -0.4 is 10.1 Å². The molecule has 9 nitrogen and oxygen atoms in total. The van der Waals surface area contributed by atoms with Crippen molar-refractivity contribution >= 4 is 38.5 Å². The lowest BCUT2D eigenvalue weighted by Gasteiger charge is -2.11. The van der Waals surface area contributed by atoms with Gasteiger partial charge < -0.3 is 15.2 Å². The molecule has 1 amide bonds. The van der Waals surface area contributed by atoms with Crippen molar-refractivity contribution in [1.82, 2.24) is 3.97 Å². The number of aromatic carboxylic acids is 1. The Morgan fingerprint density at radius 3 is 2.56 bits per heavy atom. The van der Waals surface area contributed by atoms with Crippen molar-refractivity contribution in [3.05, 3.63) is 89.6 Å². The fraction of sp³-hybridized carbons (Fsp3) is 0.0417. The van der Waals surface area contributed by atoms with Crippen LogP contribution in [0, 0.1) is 11.3 Å². The number of amides is 1. The molecular formula is C24H17N3O6S. The zero-order valence-electron chi connectivity index (χ0n) is 17.7. The molecule has 4 rings (SSSR count). The van der Waals surface area contributed by atoms with Gasteiger partial charge in [-0.25, -0.2) is 17.2 Å². The van der Waals surface area contributed by atoms with Crippen LogP contribution in [0.2, 0.25) is 0 Å². The predicted octanol–water partition coefficient (Wildman–Crippen LogP) is 3.71. The van der Waals surface area contributed by atoms with Gasteiger partial charge in [-0.2, -0.15) is 5.26 Å². The Morgan fingerprint density at radius 1 is 1.06 bits per heavy atom. The first kappa shape index (κ1) is 22.6. The Kier molecular flexibility index (Phi) is 5.79. The lowest BCUT2D eigenvalue weighted by atomic mass is 10.1. The number of nitrogens with zero attached hydrogens (tertiary/aromatic N) is 2. The third-order valence-electron chi connectivity index (χ3n) is 5.14. The van der Waals surface area contributed by atoms with Crippen LogP contribution in [0.3, 0.4) is 0 Å². The molecule has 0 bridgehead atoms. The number of aromatic nitrogens is 1. The number of carboxylic acid groups (broad SMARTS) is 1. The number of rotatable bonds is 6. The standard InChI is InChI=1S/C24H17N3O6S/c1-33-18-7-6-16-9-10-27(22(16)13-18)34(31,32)19-4-2-3-17(12-19)23(28)26-21-8-5-15(14-25)11-20(21)24(29)30/h2-13H,1H3,(H,26,28)(H,29,30). The second-order valence-electron chi connectivity index (χ2n) is 7.20. The summed E-state index contributed by atoms with van der Waals surface area (Å²) in [4.78, 5) is 24.2. The first-order valence-electron chi connectivity index (χ1n) is 9.84. The van der Waals surface area contributed by atoms with Crippen LogP contribution >= 0.6 is 0 Å². The number of carbonyl (C=O) groups excluding carboxylic acids is 1. The number of nitriles is 1. The number of carbonyl (C=O) groups is 2. The van der Waals surface area contributed by atoms with Gasteiger partial charge in [0.15, 0.2) is 0 Å². The Hall–Kier alpha value is -4.62. The van der Waals surface area contributed by atoms with E-state index in [1.807, 2.05) is 6.07 Å². The molecule has 10 heteroatoms. The van der Waals surface area contributed by atoms with Gasteiger partial charge in [-0.3, -0.25) is 4.79 Å². The van der Waals surface area contributed by atoms with E-state index in [-0.39, 0.29) is 27.3 Å². The zero-order valence-corrected chi connectivity index (χ0v) is 18.5. The first-order chi connectivity index (χ1) is 16.2. The van der Waals surface area contributed by atoms with E-state index in [0.29, 0.717) is 16.7 Å². The lowest BCUT2D eigenvalue weighted by molar-refractivity contribution is 0.0698. The number of ether oxygens (including phenoxy) is 1. The summed E-state index contributed by atoms with van der Waals surface area (Å²) < 4.78 is 33.0. The van der Waals surface area contributed by atoms with Gasteiger partial charge in [0.05, 0.1) is 40.4 Å². The molecular weight excluding hydrogens is 458 g/mol. The lowest BCUT2D eigenvalue weighted by Crippen LogP contribution is -2.17. The largest absolute Gasteiger partial charge is 0.497 e. The van der Waals surface area contributed by atoms with Crippen molar-refractivity contribution in [2.24, 2.45) is 0 Å². The summed E-state index contributed by atoms with van der Waals surface area (Å²) in [5.41, 5.74) is 0.268. The fourth-order valence-electron chi connectivity index (χ4n) is 3.43. The Labute approximate surface area is 194 Å². The smallest absolute Gasteiger partial charge is 0.337 e. The van der Waals surface area contributed by atoms with Crippen molar-refractivity contribution in [2.75, 3.05) is 12.4 Å². The maximum Gasteiger partial charge on any atom is 0.337 e. The molecule has 34 heavy (non-hydrogen) atoms. The van der Waals surface area contributed by atoms with Crippen LogP contribution in [0.25, 0.3) is 10.9 Å². The highest BCUT2D eigenvalue weighted by Gasteiger charge is 2.21. The van der Waals surface area contributed by atoms with Crippen LogP contribution in [-0.4, -0.2) is 36.5 Å². The topological polar surface area (TPSA) is 138 Å². The minimum Gasteiger partial charge on any atom is -0.497 e. The minimum absolute atomic E-state index is 0.0100. The second kappa shape index (κ2) is 8.73. The highest BCUT2D eigenvalue weighted by atomic mass is 32.2. The summed E-state index contributed by atoms with van der Waals surface area (Å²) in [6.07, 6.45) is 1.42. The molecule has 0 aliphatic heterocycles. The summed E-state index contributed by atoms with van der Waals surface area (Å²) in [5.74, 6) is -1.53. The molecule has 0 atom stereocenters. The third kappa shape index (κ3) is 4.07. The molecule has 0 unspecified atom stereocenters. The van der Waals surface area contributed by atoms with E-state index < -0.39 is 21.9 Å². The molecule has 2 N–H and O–H groups in total. The second-order valence-corrected chi connectivity index (χ2v) is 9.02. The van der Waals surface area contributed by atoms with Crippen molar-refractivity contribution in [2.45, 2.75) is 4.90 Å². The molecule has 0 spiro atoms. The molecule has 0 saturated carbocycles. The minimum atomic E-state index is -4.06. The summed E-state index contributed by atoms with van der Waals surface area (Å²) >= 11 is 0. The highest BCUT2D eigenvalue weighted by Crippen LogP contribution is 2.26. The molecule has 0 fully saturated rings. The molecule has 0 aliphatic carbocycles. The normalized spacial score (nSPS) is 11.1. The van der Waals surface area contributed by atoms with E-state index in [4.69, 9.17) is 10.00 Å². The monoisotopic (exact) mass is 475 g/mol. The maximum absolute atomic E-state index is 13.3. The molecule has 1 aromatic heterocycles. The number of hydrogen-bond acceptors (Lipinski definition) is 6. The van der Waals surface area contributed by atoms with Gasteiger partial charge in [-0.05, 0) is 54.6 Å². The van der Waals surface area contributed by atoms with Crippen LogP contribution in [0.15, 0.2) is 77.8 Å². The van der Waals surface area contributed by atoms with Gasteiger partial charge in [0, 0.05) is 23.2 Å². The van der Waals surface area contributed by atoms with Crippen LogP contribution in [0.5, 0.6) is 5.75 Å². The van der Waals surface area contributed by atoms with Crippen LogP contribution in [0.4, 0.5) is 5.69 Å². The Bertz CT molecular complexity index is 1600. The van der Waals surface area contributed by atoms with Crippen molar-refractivity contribution in [3.63, 3.8) is 0 Å². The summed E-state index contributed by atoms with van der Waals surface area (Å²) in [6, 6.07) is 17.8. The van der Waals surface area contributed by atoms with E-state index in [1.54, 1.807) is 24.3 Å². The van der Waals surface area contributed by atoms with Gasteiger partial charge in [-0.15, -0.1) is 0 Å². The molecule has 4 aromatic rings. The van der Waals surface area contributed by atoms with Gasteiger partial charge in [-0.1, -0.05) is 6.07 Å². The van der Waals surface area contributed by atoms with Crippen molar-refractivity contribution in [1.29, 1.82) is 5.26 Å². The molecule has 3 aromatic carbocycles. The number of nitrogens with one attached hydrogen (secondary N) is 1. The van der Waals surface area contributed by atoms with Crippen molar-refractivity contribution in [3.8, 4) is 11.8 Å². The SMILES string of the molecule is COc1ccc2ccn(S(=O)(=O)c3cccc(C(=O)Nc4ccc(C#N)cc4C(=O)O)c3)c2c1. The van der Waals surface area contributed by atoms with E-state index in [1.165, 1.54) is 49.7 Å². The van der Waals surface area contributed by atoms with Crippen LogP contribution in [0.1, 0.15) is 26.3 Å². The quantitative estimate of drug-likeness (QED) is 0.433. The van der Waals surface area contributed by atoms with E-state index in [0.717, 1.165) is 10.0 Å². The Balaban J connectivity index is 1.70. The number of methoxy groups -OCH3 is 1. The summed E-state index contributed by atoms with van der Waals surface area (Å²) in [7, 11) is -2.57. The highest BCUT2D eigenvalue weighted by molar-refractivity contribution is 7.90. The average molecular weight is 475 g/mol. The summed E-state index contributed by atoms with van der Waals surface area (Å²) in [5, 5.41) is 21.5. The van der Waals surface area contributed by atoms with Gasteiger partial charge in [0.1, 0.15) is 5.75 Å². The van der Waals surface area contributed by atoms with E-state index in [2.05, 4.69) is 5.32 Å². The number of benzene rings is 3. The number of anilines is 1. The van der Waals surface area contributed by atoms with E-state index in [9.17, 15) is 23.1 Å². The molecule has 0 aliphatic rings. The Morgan fingerprint density at radius 2 is 1.85 bits per heavy atom. The first-order valence-corrected chi connectivity index (χ1v) is 11.3. The molecule has 0 saturated heterocycles. The molecule has 0 radical (unpaired) electrons. The third-order valence-corrected chi connectivity index (χ3v) is 6.83. The van der Waals surface area contributed by atoms with Crippen molar-refractivity contribution < 1.29 is 27.9 Å². The predicted molar refractivity (Wildman–Crippen MR) is 124 cm³/mol. The number of carboxylic acids is 1. The van der Waals surface area contributed by atoms with Gasteiger partial charge in [0.2, 0.25) is 0 Å². The van der Waals surface area contributed by atoms with Gasteiger partial charge in [0.25, 0.3) is 15.9 Å². The number of hydrogen-bond donors (Lipinski definition) is 2. The van der Waals surface area contributed by atoms with Gasteiger partial charge >= 0.3 is 5.97 Å². The maximum atomic E-state index is 13.3. The molecule has 170 valence electrons. The fourth-order valence-corrected chi connectivity index (χ4v) is 4.82. The number of fused-ring (bicyclic) bond motifs is 1.